The van der Waals surface area contributed by atoms with Gasteiger partial charge in [-0.05, 0) is 38.5 Å². The first kappa shape index (κ1) is 31.7. The molecule has 0 aliphatic carbocycles. The predicted molar refractivity (Wildman–Crippen MR) is 151 cm³/mol. The third kappa shape index (κ3) is 7.57. The zero-order valence-electron chi connectivity index (χ0n) is 23.9. The van der Waals surface area contributed by atoms with Crippen LogP contribution in [0.1, 0.15) is 47.3 Å². The topological polar surface area (TPSA) is 176 Å². The van der Waals surface area contributed by atoms with Crippen LogP contribution in [0, 0.1) is 0 Å². The molecule has 3 heterocycles. The Morgan fingerprint density at radius 3 is 2.39 bits per heavy atom. The lowest BCUT2D eigenvalue weighted by atomic mass is 10.1. The van der Waals surface area contributed by atoms with Gasteiger partial charge in [-0.3, -0.25) is 19.6 Å². The number of nitrogens with one attached hydrogen (secondary N) is 3. The van der Waals surface area contributed by atoms with E-state index >= 15 is 0 Å². The summed E-state index contributed by atoms with van der Waals surface area (Å²) in [7, 11) is 1.40. The lowest BCUT2D eigenvalue weighted by Crippen LogP contribution is -2.42. The Morgan fingerprint density at radius 1 is 1.07 bits per heavy atom. The van der Waals surface area contributed by atoms with Crippen LogP contribution in [0.2, 0.25) is 0 Å². The van der Waals surface area contributed by atoms with Crippen LogP contribution < -0.4 is 15.5 Å². The van der Waals surface area contributed by atoms with Crippen molar-refractivity contribution in [1.82, 2.24) is 25.5 Å². The van der Waals surface area contributed by atoms with Gasteiger partial charge in [-0.25, -0.2) is 14.8 Å². The van der Waals surface area contributed by atoms with Gasteiger partial charge < -0.3 is 24.9 Å². The molecule has 16 heteroatoms. The molecule has 232 valence electrons. The maximum atomic E-state index is 13.3. The fourth-order valence-corrected chi connectivity index (χ4v) is 3.85. The van der Waals surface area contributed by atoms with Crippen molar-refractivity contribution in [1.29, 1.82) is 0 Å². The van der Waals surface area contributed by atoms with Crippen molar-refractivity contribution in [2.75, 3.05) is 23.8 Å². The van der Waals surface area contributed by atoms with E-state index in [0.717, 1.165) is 18.5 Å². The third-order valence-electron chi connectivity index (χ3n) is 5.83. The number of benzene rings is 1. The summed E-state index contributed by atoms with van der Waals surface area (Å²) in [5.74, 6) is -1.90. The summed E-state index contributed by atoms with van der Waals surface area (Å²) in [6.45, 7) is 2.69. The minimum absolute atomic E-state index is 0.0435. The highest BCUT2D eigenvalue weighted by Gasteiger charge is 2.37. The van der Waals surface area contributed by atoms with E-state index in [1.165, 1.54) is 33.9 Å². The number of carbonyl (C=O) groups is 3. The molecule has 4 rings (SSSR count). The summed E-state index contributed by atoms with van der Waals surface area (Å²) >= 11 is 0. The number of aliphatic hydroxyl groups is 1. The molecule has 0 spiro atoms. The minimum Gasteiger partial charge on any atom is -0.444 e. The smallest absolute Gasteiger partial charge is 0.416 e. The predicted octanol–water partition coefficient (Wildman–Crippen LogP) is 4.53. The van der Waals surface area contributed by atoms with Gasteiger partial charge >= 0.3 is 12.3 Å². The molecule has 13 nitrogen and oxygen atoms in total. The Kier molecular flexibility index (Phi) is 9.03. The zero-order chi connectivity index (χ0) is 32.2. The van der Waals surface area contributed by atoms with Gasteiger partial charge in [-0.2, -0.15) is 18.3 Å². The normalized spacial score (nSPS) is 11.6. The lowest BCUT2D eigenvalue weighted by molar-refractivity contribution is -0.119. The number of aromatic nitrogens is 4. The van der Waals surface area contributed by atoms with E-state index in [9.17, 15) is 32.7 Å². The zero-order valence-corrected chi connectivity index (χ0v) is 23.9. The van der Waals surface area contributed by atoms with E-state index in [1.54, 1.807) is 24.3 Å². The van der Waals surface area contributed by atoms with Gasteiger partial charge in [-0.15, -0.1) is 0 Å². The van der Waals surface area contributed by atoms with E-state index in [0.29, 0.717) is 16.0 Å². The van der Waals surface area contributed by atoms with Crippen LogP contribution in [0.5, 0.6) is 0 Å². The summed E-state index contributed by atoms with van der Waals surface area (Å²) in [5, 5.41) is 21.1. The Labute approximate surface area is 248 Å². The SMILES string of the molecule is CNC(=O)c1[nH]nc(-c2ccc(CO)cc2)c1NC(=O)c1coc(-c2ccnc(N(CC(F)(F)F)C(=O)OC(C)(C)C)c2)n1. The number of H-pyrrole nitrogens is 1. The first-order valence-electron chi connectivity index (χ1n) is 13.0. The van der Waals surface area contributed by atoms with Crippen LogP contribution in [-0.4, -0.2) is 68.5 Å². The number of carbonyl (C=O) groups excluding carboxylic acids is 3. The fourth-order valence-electron chi connectivity index (χ4n) is 3.85. The van der Waals surface area contributed by atoms with Gasteiger partial charge in [0.05, 0.1) is 6.61 Å². The Bertz CT molecular complexity index is 1660. The number of rotatable bonds is 8. The number of hydrogen-bond donors (Lipinski definition) is 4. The molecular formula is C28H28F3N7O6. The van der Waals surface area contributed by atoms with Gasteiger partial charge in [0, 0.05) is 24.4 Å². The molecule has 3 amide bonds. The molecule has 0 saturated heterocycles. The molecule has 0 saturated carbocycles. The fraction of sp³-hybridized carbons (Fsp3) is 0.286. The maximum Gasteiger partial charge on any atom is 0.416 e. The van der Waals surface area contributed by atoms with Crippen LogP contribution in [-0.2, 0) is 11.3 Å². The Hall–Kier alpha value is -5.25. The summed E-state index contributed by atoms with van der Waals surface area (Å²) < 4.78 is 50.6. The third-order valence-corrected chi connectivity index (χ3v) is 5.83. The number of ether oxygens (including phenoxy) is 1. The molecule has 44 heavy (non-hydrogen) atoms. The van der Waals surface area contributed by atoms with Crippen molar-refractivity contribution >= 4 is 29.4 Å². The van der Waals surface area contributed by atoms with E-state index < -0.39 is 36.2 Å². The standard InChI is InChI=1S/C28H28F3N7O6/c1-27(2,3)44-26(42)38(14-28(29,30)31)19-11-17(9-10-33-19)25-34-18(13-43-25)23(40)35-21-20(36-37-22(21)24(41)32-4)16-7-5-15(12-39)6-8-16/h5-11,13,39H,12,14H2,1-4H3,(H,32,41)(H,35,40)(H,36,37). The average Bonchev–Trinajstić information content (AvgIpc) is 3.62. The maximum absolute atomic E-state index is 13.3. The van der Waals surface area contributed by atoms with Gasteiger partial charge in [-0.1, -0.05) is 24.3 Å². The number of hydrogen-bond acceptors (Lipinski definition) is 9. The molecule has 0 aliphatic heterocycles. The number of aromatic amines is 1. The summed E-state index contributed by atoms with van der Waals surface area (Å²) in [6, 6.07) is 9.11. The highest BCUT2D eigenvalue weighted by Crippen LogP contribution is 2.31. The highest BCUT2D eigenvalue weighted by atomic mass is 19.4. The molecule has 0 atom stereocenters. The molecule has 3 aromatic heterocycles. The number of oxazole rings is 1. The number of halogens is 3. The lowest BCUT2D eigenvalue weighted by Gasteiger charge is -2.27. The van der Waals surface area contributed by atoms with Crippen LogP contribution in [0.3, 0.4) is 0 Å². The number of anilines is 2. The molecule has 4 aromatic rings. The van der Waals surface area contributed by atoms with Crippen LogP contribution in [0.4, 0.5) is 29.5 Å². The first-order valence-corrected chi connectivity index (χ1v) is 13.0. The van der Waals surface area contributed by atoms with Crippen LogP contribution in [0.25, 0.3) is 22.7 Å². The molecule has 0 aliphatic rings. The van der Waals surface area contributed by atoms with Gasteiger partial charge in [0.1, 0.15) is 41.3 Å². The molecule has 0 unspecified atom stereocenters. The number of aliphatic hydroxyl groups excluding tert-OH is 1. The first-order chi connectivity index (χ1) is 20.7. The molecule has 1 aromatic carbocycles. The van der Waals surface area contributed by atoms with E-state index in [1.807, 2.05) is 0 Å². The second-order valence-electron chi connectivity index (χ2n) is 10.3. The van der Waals surface area contributed by atoms with E-state index in [2.05, 4.69) is 30.8 Å². The largest absolute Gasteiger partial charge is 0.444 e. The van der Waals surface area contributed by atoms with Crippen molar-refractivity contribution < 1.29 is 41.8 Å². The van der Waals surface area contributed by atoms with E-state index in [4.69, 9.17) is 9.15 Å². The van der Waals surface area contributed by atoms with Crippen molar-refractivity contribution in [3.63, 3.8) is 0 Å². The number of nitrogens with zero attached hydrogens (tertiary/aromatic N) is 4. The van der Waals surface area contributed by atoms with Crippen LogP contribution >= 0.6 is 0 Å². The molecule has 0 fully saturated rings. The molecule has 0 radical (unpaired) electrons. The van der Waals surface area contributed by atoms with Gasteiger partial charge in [0.25, 0.3) is 11.8 Å². The monoisotopic (exact) mass is 615 g/mol. The number of pyridine rings is 1. The van der Waals surface area contributed by atoms with Crippen LogP contribution in [0.15, 0.2) is 53.3 Å². The van der Waals surface area contributed by atoms with Gasteiger partial charge in [0.15, 0.2) is 5.69 Å². The van der Waals surface area contributed by atoms with Crippen molar-refractivity contribution in [3.05, 3.63) is 65.8 Å². The van der Waals surface area contributed by atoms with Crippen molar-refractivity contribution in [2.45, 2.75) is 39.2 Å². The summed E-state index contributed by atoms with van der Waals surface area (Å²) in [4.78, 5) is 46.7. The van der Waals surface area contributed by atoms with E-state index in [-0.39, 0.29) is 46.6 Å². The van der Waals surface area contributed by atoms with Crippen molar-refractivity contribution in [3.8, 4) is 22.7 Å². The minimum atomic E-state index is -4.76. The van der Waals surface area contributed by atoms with Gasteiger partial charge in [0.2, 0.25) is 5.89 Å². The number of alkyl halides is 3. The second kappa shape index (κ2) is 12.5. The Balaban J connectivity index is 1.62. The molecular weight excluding hydrogens is 587 g/mol. The summed E-state index contributed by atoms with van der Waals surface area (Å²) in [5.41, 5.74) is 0.214. The highest BCUT2D eigenvalue weighted by molar-refractivity contribution is 6.10. The molecule has 4 N–H and O–H groups in total. The number of amides is 3. The Morgan fingerprint density at radius 2 is 1.77 bits per heavy atom. The van der Waals surface area contributed by atoms with Crippen molar-refractivity contribution in [2.24, 2.45) is 0 Å². The molecule has 0 bridgehead atoms. The average molecular weight is 616 g/mol. The summed E-state index contributed by atoms with van der Waals surface area (Å²) in [6.07, 6.45) is -3.86. The quantitative estimate of drug-likeness (QED) is 0.222. The second-order valence-corrected chi connectivity index (χ2v) is 10.3.